The zero-order valence-corrected chi connectivity index (χ0v) is 13.5. The van der Waals surface area contributed by atoms with Gasteiger partial charge in [-0.15, -0.1) is 0 Å². The second kappa shape index (κ2) is 6.81. The first-order chi connectivity index (χ1) is 10.4. The SMILES string of the molecule is CC(=O)Nc1ccc(NC(=O)c2c(Cl)cccc2Cl)c(C)c1. The normalized spacial score (nSPS) is 10.2. The van der Waals surface area contributed by atoms with Gasteiger partial charge in [0.2, 0.25) is 5.91 Å². The maximum atomic E-state index is 12.3. The molecule has 2 aromatic carbocycles. The summed E-state index contributed by atoms with van der Waals surface area (Å²) in [5, 5.41) is 6.03. The minimum atomic E-state index is -0.383. The molecule has 0 fully saturated rings. The van der Waals surface area contributed by atoms with E-state index in [1.807, 2.05) is 6.92 Å². The highest BCUT2D eigenvalue weighted by atomic mass is 35.5. The van der Waals surface area contributed by atoms with E-state index in [1.54, 1.807) is 36.4 Å². The quantitative estimate of drug-likeness (QED) is 0.866. The molecule has 0 spiro atoms. The lowest BCUT2D eigenvalue weighted by atomic mass is 10.1. The molecule has 0 aliphatic heterocycles. The molecule has 2 aromatic rings. The molecule has 0 atom stereocenters. The highest BCUT2D eigenvalue weighted by Crippen LogP contribution is 2.26. The largest absolute Gasteiger partial charge is 0.326 e. The van der Waals surface area contributed by atoms with E-state index in [9.17, 15) is 9.59 Å². The third-order valence-corrected chi connectivity index (χ3v) is 3.61. The maximum Gasteiger partial charge on any atom is 0.258 e. The summed E-state index contributed by atoms with van der Waals surface area (Å²) in [7, 11) is 0. The van der Waals surface area contributed by atoms with Crippen LogP contribution in [0, 0.1) is 6.92 Å². The molecule has 0 aromatic heterocycles. The average Bonchev–Trinajstić information content (AvgIpc) is 2.41. The van der Waals surface area contributed by atoms with Crippen molar-refractivity contribution in [1.82, 2.24) is 0 Å². The molecule has 0 unspecified atom stereocenters. The Labute approximate surface area is 138 Å². The molecule has 0 heterocycles. The van der Waals surface area contributed by atoms with E-state index in [1.165, 1.54) is 6.92 Å². The van der Waals surface area contributed by atoms with Crippen LogP contribution < -0.4 is 10.6 Å². The summed E-state index contributed by atoms with van der Waals surface area (Å²) in [6.07, 6.45) is 0. The van der Waals surface area contributed by atoms with Gasteiger partial charge in [-0.05, 0) is 42.8 Å². The molecule has 0 aliphatic carbocycles. The lowest BCUT2D eigenvalue weighted by molar-refractivity contribution is -0.114. The molecule has 0 saturated heterocycles. The van der Waals surface area contributed by atoms with Crippen molar-refractivity contribution in [2.24, 2.45) is 0 Å². The highest BCUT2D eigenvalue weighted by Gasteiger charge is 2.15. The van der Waals surface area contributed by atoms with Crippen LogP contribution in [0.2, 0.25) is 10.0 Å². The van der Waals surface area contributed by atoms with Crippen LogP contribution in [0.5, 0.6) is 0 Å². The third-order valence-electron chi connectivity index (χ3n) is 2.98. The summed E-state index contributed by atoms with van der Waals surface area (Å²) in [5.74, 6) is -0.537. The van der Waals surface area contributed by atoms with Gasteiger partial charge >= 0.3 is 0 Å². The highest BCUT2D eigenvalue weighted by molar-refractivity contribution is 6.40. The van der Waals surface area contributed by atoms with Crippen molar-refractivity contribution in [3.63, 3.8) is 0 Å². The summed E-state index contributed by atoms with van der Waals surface area (Å²) in [6.45, 7) is 3.26. The number of rotatable bonds is 3. The summed E-state index contributed by atoms with van der Waals surface area (Å²) in [4.78, 5) is 23.4. The van der Waals surface area contributed by atoms with E-state index in [2.05, 4.69) is 10.6 Å². The van der Waals surface area contributed by atoms with Crippen molar-refractivity contribution in [2.45, 2.75) is 13.8 Å². The zero-order chi connectivity index (χ0) is 16.3. The molecular weight excluding hydrogens is 323 g/mol. The van der Waals surface area contributed by atoms with Gasteiger partial charge in [0.25, 0.3) is 5.91 Å². The molecule has 0 bridgehead atoms. The number of benzene rings is 2. The van der Waals surface area contributed by atoms with Gasteiger partial charge in [-0.1, -0.05) is 29.3 Å². The second-order valence-corrected chi connectivity index (χ2v) is 5.58. The van der Waals surface area contributed by atoms with Crippen LogP contribution in [0.25, 0.3) is 0 Å². The number of carbonyl (C=O) groups is 2. The Morgan fingerprint density at radius 3 is 2.18 bits per heavy atom. The van der Waals surface area contributed by atoms with Crippen molar-refractivity contribution in [3.05, 3.63) is 57.6 Å². The Hall–Kier alpha value is -2.04. The van der Waals surface area contributed by atoms with Crippen molar-refractivity contribution in [3.8, 4) is 0 Å². The average molecular weight is 337 g/mol. The van der Waals surface area contributed by atoms with Crippen LogP contribution in [0.3, 0.4) is 0 Å². The number of amides is 2. The number of halogens is 2. The van der Waals surface area contributed by atoms with Crippen LogP contribution in [0.1, 0.15) is 22.8 Å². The van der Waals surface area contributed by atoms with Crippen LogP contribution in [0.4, 0.5) is 11.4 Å². The summed E-state index contributed by atoms with van der Waals surface area (Å²) in [5.41, 5.74) is 2.33. The van der Waals surface area contributed by atoms with E-state index in [-0.39, 0.29) is 27.4 Å². The summed E-state index contributed by atoms with van der Waals surface area (Å²) >= 11 is 12.0. The molecule has 4 nitrogen and oxygen atoms in total. The fraction of sp³-hybridized carbons (Fsp3) is 0.125. The van der Waals surface area contributed by atoms with E-state index < -0.39 is 0 Å². The molecule has 6 heteroatoms. The minimum Gasteiger partial charge on any atom is -0.326 e. The Kier molecular flexibility index (Phi) is 5.06. The number of hydrogen-bond donors (Lipinski definition) is 2. The van der Waals surface area contributed by atoms with E-state index >= 15 is 0 Å². The Morgan fingerprint density at radius 1 is 1.00 bits per heavy atom. The van der Waals surface area contributed by atoms with Gasteiger partial charge < -0.3 is 10.6 Å². The minimum absolute atomic E-state index is 0.154. The zero-order valence-electron chi connectivity index (χ0n) is 12.0. The molecule has 0 aliphatic rings. The first-order valence-corrected chi connectivity index (χ1v) is 7.27. The van der Waals surface area contributed by atoms with Crippen LogP contribution >= 0.6 is 23.2 Å². The topological polar surface area (TPSA) is 58.2 Å². The van der Waals surface area contributed by atoms with Gasteiger partial charge in [0.15, 0.2) is 0 Å². The predicted molar refractivity (Wildman–Crippen MR) is 89.9 cm³/mol. The van der Waals surface area contributed by atoms with Gasteiger partial charge in [0, 0.05) is 18.3 Å². The first-order valence-electron chi connectivity index (χ1n) is 6.52. The maximum absolute atomic E-state index is 12.3. The number of nitrogens with one attached hydrogen (secondary N) is 2. The first kappa shape index (κ1) is 16.3. The van der Waals surface area contributed by atoms with Crippen LogP contribution in [-0.4, -0.2) is 11.8 Å². The fourth-order valence-electron chi connectivity index (χ4n) is 1.98. The van der Waals surface area contributed by atoms with E-state index in [0.29, 0.717) is 11.4 Å². The standard InChI is InChI=1S/C16H14Cl2N2O2/c1-9-8-11(19-10(2)21)6-7-14(9)20-16(22)15-12(17)4-3-5-13(15)18/h3-8H,1-2H3,(H,19,21)(H,20,22). The Balaban J connectivity index is 2.24. The van der Waals surface area contributed by atoms with Crippen molar-refractivity contribution in [1.29, 1.82) is 0 Å². The predicted octanol–water partition coefficient (Wildman–Crippen LogP) is 4.51. The third kappa shape index (κ3) is 3.78. The van der Waals surface area contributed by atoms with Crippen LogP contribution in [-0.2, 0) is 4.79 Å². The second-order valence-electron chi connectivity index (χ2n) is 4.76. The van der Waals surface area contributed by atoms with E-state index in [4.69, 9.17) is 23.2 Å². The number of aryl methyl sites for hydroxylation is 1. The van der Waals surface area contributed by atoms with E-state index in [0.717, 1.165) is 5.56 Å². The Bertz CT molecular complexity index is 725. The summed E-state index contributed by atoms with van der Waals surface area (Å²) < 4.78 is 0. The molecule has 114 valence electrons. The lowest BCUT2D eigenvalue weighted by Crippen LogP contribution is -2.14. The van der Waals surface area contributed by atoms with Crippen molar-refractivity contribution < 1.29 is 9.59 Å². The molecule has 22 heavy (non-hydrogen) atoms. The fourth-order valence-corrected chi connectivity index (χ4v) is 2.55. The van der Waals surface area contributed by atoms with Gasteiger partial charge in [0.05, 0.1) is 15.6 Å². The monoisotopic (exact) mass is 336 g/mol. The number of carbonyl (C=O) groups excluding carboxylic acids is 2. The van der Waals surface area contributed by atoms with Gasteiger partial charge in [-0.3, -0.25) is 9.59 Å². The molecule has 2 rings (SSSR count). The van der Waals surface area contributed by atoms with Gasteiger partial charge in [-0.2, -0.15) is 0 Å². The van der Waals surface area contributed by atoms with Crippen molar-refractivity contribution in [2.75, 3.05) is 10.6 Å². The van der Waals surface area contributed by atoms with Crippen molar-refractivity contribution >= 4 is 46.4 Å². The van der Waals surface area contributed by atoms with Crippen LogP contribution in [0.15, 0.2) is 36.4 Å². The number of anilines is 2. The molecule has 0 radical (unpaired) electrons. The number of hydrogen-bond acceptors (Lipinski definition) is 2. The molecular formula is C16H14Cl2N2O2. The molecule has 2 N–H and O–H groups in total. The smallest absolute Gasteiger partial charge is 0.258 e. The Morgan fingerprint density at radius 2 is 1.64 bits per heavy atom. The molecule has 0 saturated carbocycles. The molecule has 2 amide bonds. The summed E-state index contributed by atoms with van der Waals surface area (Å²) in [6, 6.07) is 10.1. The van der Waals surface area contributed by atoms with Gasteiger partial charge in [-0.25, -0.2) is 0 Å². The van der Waals surface area contributed by atoms with Gasteiger partial charge in [0.1, 0.15) is 0 Å². The lowest BCUT2D eigenvalue weighted by Gasteiger charge is -2.12.